The molecule has 20 nitrogen and oxygen atoms in total. The zero-order chi connectivity index (χ0) is 63.4. The van der Waals surface area contributed by atoms with E-state index in [1.54, 1.807) is 47.1 Å². The highest BCUT2D eigenvalue weighted by Crippen LogP contribution is 2.44. The number of anilines is 2. The van der Waals surface area contributed by atoms with Crippen molar-refractivity contribution in [3.05, 3.63) is 146 Å². The molecule has 6 heterocycles. The topological polar surface area (TPSA) is 236 Å². The lowest BCUT2D eigenvalue weighted by atomic mass is 9.72. The van der Waals surface area contributed by atoms with Gasteiger partial charge in [-0.3, -0.25) is 44.4 Å². The van der Waals surface area contributed by atoms with Gasteiger partial charge in [0, 0.05) is 129 Å². The number of thioether (sulfide) groups is 1. The number of aromatic amines is 1. The Morgan fingerprint density at radius 3 is 2.42 bits per heavy atom. The lowest BCUT2D eigenvalue weighted by Crippen LogP contribution is -2.52. The second-order valence-electron chi connectivity index (χ2n) is 26.0. The summed E-state index contributed by atoms with van der Waals surface area (Å²) in [5.74, 6) is -0.0882. The minimum atomic E-state index is -4.61. The maximum Gasteiger partial charge on any atom is 0.293 e. The maximum absolute atomic E-state index is 14.2. The molecule has 23 heteroatoms. The predicted molar refractivity (Wildman–Crippen MR) is 354 cm³/mol. The smallest absolute Gasteiger partial charge is 0.293 e. The Bertz CT molecular complexity index is 3860. The van der Waals surface area contributed by atoms with Crippen molar-refractivity contribution in [3.8, 4) is 11.5 Å². The van der Waals surface area contributed by atoms with Crippen molar-refractivity contribution in [2.45, 2.75) is 119 Å². The van der Waals surface area contributed by atoms with Crippen LogP contribution in [-0.4, -0.2) is 156 Å². The number of nitrogens with zero attached hydrogens (tertiary/aromatic N) is 7. The van der Waals surface area contributed by atoms with Gasteiger partial charge < -0.3 is 29.7 Å². The first-order chi connectivity index (χ1) is 43.9. The fourth-order valence-electron chi connectivity index (χ4n) is 14.0. The number of rotatable bonds is 22. The number of benzene rings is 4. The highest BCUT2D eigenvalue weighted by atomic mass is 35.5. The normalized spacial score (nSPS) is 21.0. The van der Waals surface area contributed by atoms with Crippen molar-refractivity contribution in [3.63, 3.8) is 0 Å². The Balaban J connectivity index is 0.603. The summed E-state index contributed by atoms with van der Waals surface area (Å²) in [6.45, 7) is 14.6. The molecule has 6 aromatic rings. The first kappa shape index (κ1) is 63.8. The van der Waals surface area contributed by atoms with E-state index in [9.17, 15) is 37.7 Å². The van der Waals surface area contributed by atoms with Gasteiger partial charge in [0.05, 0.1) is 21.6 Å². The van der Waals surface area contributed by atoms with E-state index in [2.05, 4.69) is 77.0 Å². The number of allylic oxidation sites excluding steroid dienone is 1. The highest BCUT2D eigenvalue weighted by molar-refractivity contribution is 7.99. The first-order valence-electron chi connectivity index (χ1n) is 32.0. The molecule has 2 aliphatic carbocycles. The van der Waals surface area contributed by atoms with Gasteiger partial charge in [-0.15, -0.1) is 11.8 Å². The fourth-order valence-corrected chi connectivity index (χ4v) is 16.2. The van der Waals surface area contributed by atoms with Crippen molar-refractivity contribution in [2.75, 3.05) is 88.0 Å². The minimum absolute atomic E-state index is 0.0417. The molecule has 0 bridgehead atoms. The predicted octanol–water partition coefficient (Wildman–Crippen LogP) is 11.1. The Kier molecular flexibility index (Phi) is 19.5. The van der Waals surface area contributed by atoms with E-state index in [1.807, 2.05) is 30.3 Å². The second-order valence-corrected chi connectivity index (χ2v) is 29.2. The van der Waals surface area contributed by atoms with Gasteiger partial charge in [-0.25, -0.2) is 18.1 Å². The van der Waals surface area contributed by atoms with Crippen LogP contribution < -0.4 is 25.0 Å². The number of pyridine rings is 1. The molecule has 4 amide bonds. The van der Waals surface area contributed by atoms with Gasteiger partial charge in [0.15, 0.2) is 0 Å². The van der Waals surface area contributed by atoms with Gasteiger partial charge in [-0.1, -0.05) is 55.6 Å². The Labute approximate surface area is 541 Å². The third kappa shape index (κ3) is 15.1. The van der Waals surface area contributed by atoms with E-state index in [0.717, 1.165) is 155 Å². The van der Waals surface area contributed by atoms with E-state index < -0.39 is 43.4 Å². The monoisotopic (exact) mass is 1290 g/mol. The second kappa shape index (κ2) is 27.9. The van der Waals surface area contributed by atoms with Crippen LogP contribution in [0.5, 0.6) is 11.5 Å². The largest absolute Gasteiger partial charge is 0.455 e. The van der Waals surface area contributed by atoms with E-state index >= 15 is 0 Å². The summed E-state index contributed by atoms with van der Waals surface area (Å²) in [6, 6.07) is 26.3. The van der Waals surface area contributed by atoms with Gasteiger partial charge in [-0.2, -0.15) is 0 Å². The molecule has 0 spiro atoms. The van der Waals surface area contributed by atoms with Crippen molar-refractivity contribution in [1.29, 1.82) is 0 Å². The first-order valence-corrected chi connectivity index (χ1v) is 34.9. The molecule has 4 N–H and O–H groups in total. The number of fused-ring (bicyclic) bond motifs is 2. The molecule has 3 saturated heterocycles. The molecule has 4 fully saturated rings. The number of nitro benzene ring substituents is 1. The van der Waals surface area contributed by atoms with Crippen LogP contribution in [0, 0.1) is 21.4 Å². The SMILES string of the molecule is CC1(C)CCC(CN2CCN(c3ccc(C(=O)NS(=O)(=O)c4ccc(NC[C@H]5CC[C@@H](N6CCN(CCCCCSc7cccc8c7CN(C7CCC(=O)NC7=O)C8=O)CC6)CC5)c([N+](=O)[O-])c4)c(Oc4cnc5[nH]ccc5c4)c3)CC2)=C(c2ccc(Cl)cc2)C1. The number of aromatic nitrogens is 2. The number of imide groups is 1. The van der Waals surface area contributed by atoms with E-state index in [-0.39, 0.29) is 46.6 Å². The molecule has 1 atom stereocenters. The number of sulfonamides is 1. The molecule has 91 heavy (non-hydrogen) atoms. The lowest BCUT2D eigenvalue weighted by molar-refractivity contribution is -0.384. The summed E-state index contributed by atoms with van der Waals surface area (Å²) in [4.78, 5) is 83.4. The van der Waals surface area contributed by atoms with Crippen LogP contribution in [0.1, 0.15) is 123 Å². The molecule has 4 aliphatic heterocycles. The molecule has 6 aliphatic rings. The average molecular weight is 1300 g/mol. The number of hydrogen-bond acceptors (Lipinski definition) is 16. The fraction of sp³-hybridized carbons (Fsp3) is 0.456. The van der Waals surface area contributed by atoms with Gasteiger partial charge in [0.1, 0.15) is 28.9 Å². The number of halogens is 1. The number of carbonyl (C=O) groups is 4. The molecular weight excluding hydrogens is 1210 g/mol. The molecule has 1 unspecified atom stereocenters. The van der Waals surface area contributed by atoms with Crippen LogP contribution >= 0.6 is 23.4 Å². The van der Waals surface area contributed by atoms with Crippen LogP contribution in [0.15, 0.2) is 119 Å². The Hall–Kier alpha value is -7.34. The molecule has 1 saturated carbocycles. The molecule has 12 rings (SSSR count). The van der Waals surface area contributed by atoms with Crippen molar-refractivity contribution in [1.82, 2.24) is 39.6 Å². The number of nitrogens with one attached hydrogen (secondary N) is 4. The summed E-state index contributed by atoms with van der Waals surface area (Å²) < 4.78 is 36.6. The number of hydrogen-bond donors (Lipinski definition) is 4. The van der Waals surface area contributed by atoms with Crippen LogP contribution in [0.25, 0.3) is 16.6 Å². The number of amides is 4. The molecule has 2 aromatic heterocycles. The maximum atomic E-state index is 14.2. The van der Waals surface area contributed by atoms with Gasteiger partial charge in [-0.05, 0) is 165 Å². The van der Waals surface area contributed by atoms with Gasteiger partial charge in [0.2, 0.25) is 11.8 Å². The van der Waals surface area contributed by atoms with Crippen LogP contribution in [0.4, 0.5) is 17.1 Å². The number of carbonyl (C=O) groups excluding carboxylic acids is 4. The summed E-state index contributed by atoms with van der Waals surface area (Å²) >= 11 is 8.05. The third-order valence-corrected chi connectivity index (χ3v) is 22.0. The molecule has 0 radical (unpaired) electrons. The number of piperidine rings is 1. The van der Waals surface area contributed by atoms with Crippen molar-refractivity contribution in [2.24, 2.45) is 11.3 Å². The molecule has 4 aromatic carbocycles. The molecule has 480 valence electrons. The Morgan fingerprint density at radius 2 is 1.65 bits per heavy atom. The van der Waals surface area contributed by atoms with Crippen LogP contribution in [-0.2, 0) is 26.2 Å². The minimum Gasteiger partial charge on any atom is -0.455 e. The third-order valence-electron chi connectivity index (χ3n) is 19.3. The van der Waals surface area contributed by atoms with Crippen molar-refractivity contribution >= 4 is 90.7 Å². The highest BCUT2D eigenvalue weighted by Gasteiger charge is 2.40. The number of nitro groups is 1. The van der Waals surface area contributed by atoms with Crippen molar-refractivity contribution < 1.29 is 37.3 Å². The summed E-state index contributed by atoms with van der Waals surface area (Å²) in [5, 5.41) is 19.7. The lowest BCUT2D eigenvalue weighted by Gasteiger charge is -2.42. The quantitative estimate of drug-likeness (QED) is 0.0163. The standard InChI is InChI=1S/C68H80ClN11O9S2/c1-68(2)25-23-48(56(40-68)46-11-13-49(69)14-12-46)43-76-30-34-78(35-31-76)51-17-19-55(61(38-51)89-52-37-47-24-26-70-64(47)72-42-52)65(82)74-91(87,88)53-18-20-58(60(39-53)80(85)86)71-41-45-9-15-50(16-10-45)77-32-28-75(29-33-77)27-4-3-5-36-90-62-8-6-7-54-57(62)44-79(67(54)84)59-21-22-63(81)73-66(59)83/h6-8,11-14,17-20,24,26,37-39,42,45,50,59,71H,3-5,9-10,15-16,21-23,25,27-36,40-41,43-44H2,1-2H3,(H,70,72)(H,74,82)(H,73,81,83)/t45-,50+,59?. The summed E-state index contributed by atoms with van der Waals surface area (Å²) in [7, 11) is -4.61. The van der Waals surface area contributed by atoms with E-state index in [4.69, 9.17) is 16.3 Å². The number of ether oxygens (including phenoxy) is 1. The summed E-state index contributed by atoms with van der Waals surface area (Å²) in [5.41, 5.74) is 7.15. The zero-order valence-electron chi connectivity index (χ0n) is 51.7. The average Bonchev–Trinajstić information content (AvgIpc) is 1.77. The van der Waals surface area contributed by atoms with Crippen LogP contribution in [0.2, 0.25) is 5.02 Å². The summed E-state index contributed by atoms with van der Waals surface area (Å²) in [6.07, 6.45) is 14.3. The van der Waals surface area contributed by atoms with Gasteiger partial charge in [0.25, 0.3) is 27.5 Å². The molecular formula is C68H80ClN11O9S2. The zero-order valence-corrected chi connectivity index (χ0v) is 54.1. The Morgan fingerprint density at radius 1 is 0.868 bits per heavy atom. The number of piperazine rings is 2. The van der Waals surface area contributed by atoms with E-state index in [0.29, 0.717) is 55.6 Å². The van der Waals surface area contributed by atoms with Crippen LogP contribution in [0.3, 0.4) is 0 Å². The van der Waals surface area contributed by atoms with Gasteiger partial charge >= 0.3 is 0 Å². The van der Waals surface area contributed by atoms with E-state index in [1.165, 1.54) is 35.0 Å². The number of unbranched alkanes of at least 4 members (excludes halogenated alkanes) is 2. The number of H-pyrrole nitrogens is 1.